The topological polar surface area (TPSA) is 96.7 Å². The van der Waals surface area contributed by atoms with Crippen LogP contribution in [0.2, 0.25) is 0 Å². The Bertz CT molecular complexity index is 801. The van der Waals surface area contributed by atoms with Gasteiger partial charge in [0.1, 0.15) is 11.8 Å². The molecule has 8 heteroatoms. The van der Waals surface area contributed by atoms with Crippen LogP contribution in [-0.2, 0) is 4.79 Å². The summed E-state index contributed by atoms with van der Waals surface area (Å²) in [5.41, 5.74) is 0.859. The average Bonchev–Trinajstić information content (AvgIpc) is 3.15. The third kappa shape index (κ3) is 5.82. The second-order valence-corrected chi connectivity index (χ2v) is 7.10. The molecule has 2 amide bonds. The number of ether oxygens (including phenoxy) is 1. The van der Waals surface area contributed by atoms with Gasteiger partial charge in [-0.25, -0.2) is 0 Å². The number of likely N-dealkylation sites (N-methyl/N-ethyl adjacent to an activating group) is 1. The van der Waals surface area contributed by atoms with Crippen molar-refractivity contribution in [2.24, 2.45) is 5.92 Å². The first-order valence-corrected chi connectivity index (χ1v) is 9.16. The largest absolute Gasteiger partial charge is 0.497 e. The number of hydrogen-bond donors (Lipinski definition) is 2. The van der Waals surface area contributed by atoms with Crippen LogP contribution >= 0.6 is 0 Å². The summed E-state index contributed by atoms with van der Waals surface area (Å²) >= 11 is 0. The van der Waals surface area contributed by atoms with Gasteiger partial charge in [-0.2, -0.15) is 0 Å². The van der Waals surface area contributed by atoms with Crippen molar-refractivity contribution in [1.82, 2.24) is 20.7 Å². The van der Waals surface area contributed by atoms with E-state index in [0.29, 0.717) is 18.1 Å². The van der Waals surface area contributed by atoms with Gasteiger partial charge in [-0.15, -0.1) is 0 Å². The predicted molar refractivity (Wildman–Crippen MR) is 106 cm³/mol. The highest BCUT2D eigenvalue weighted by atomic mass is 16.5. The Morgan fingerprint density at radius 1 is 1.25 bits per heavy atom. The molecule has 0 aliphatic heterocycles. The molecule has 2 aromatic rings. The molecule has 2 N–H and O–H groups in total. The fourth-order valence-corrected chi connectivity index (χ4v) is 2.56. The quantitative estimate of drug-likeness (QED) is 0.680. The van der Waals surface area contributed by atoms with Crippen LogP contribution in [-0.4, -0.2) is 62.2 Å². The number of nitrogens with zero attached hydrogens (tertiary/aromatic N) is 2. The minimum Gasteiger partial charge on any atom is -0.497 e. The van der Waals surface area contributed by atoms with Crippen LogP contribution in [0.3, 0.4) is 0 Å². The van der Waals surface area contributed by atoms with Crippen LogP contribution in [0.25, 0.3) is 11.3 Å². The lowest BCUT2D eigenvalue weighted by Crippen LogP contribution is -2.50. The number of amides is 2. The van der Waals surface area contributed by atoms with Crippen LogP contribution < -0.4 is 15.4 Å². The van der Waals surface area contributed by atoms with Gasteiger partial charge in [0, 0.05) is 24.7 Å². The first-order valence-electron chi connectivity index (χ1n) is 9.16. The third-order valence-corrected chi connectivity index (χ3v) is 4.19. The number of carbonyl (C=O) groups excluding carboxylic acids is 2. The maximum Gasteiger partial charge on any atom is 0.274 e. The van der Waals surface area contributed by atoms with E-state index in [9.17, 15) is 9.59 Å². The molecule has 0 aliphatic carbocycles. The van der Waals surface area contributed by atoms with E-state index in [4.69, 9.17) is 9.26 Å². The van der Waals surface area contributed by atoms with Gasteiger partial charge in [-0.3, -0.25) is 9.59 Å². The van der Waals surface area contributed by atoms with E-state index in [1.165, 1.54) is 0 Å². The van der Waals surface area contributed by atoms with Crippen LogP contribution in [0.1, 0.15) is 24.3 Å². The summed E-state index contributed by atoms with van der Waals surface area (Å²) in [5.74, 6) is 0.365. The van der Waals surface area contributed by atoms with Gasteiger partial charge in [0.2, 0.25) is 5.91 Å². The number of rotatable bonds is 9. The highest BCUT2D eigenvalue weighted by molar-refractivity contribution is 5.96. The van der Waals surface area contributed by atoms with Crippen molar-refractivity contribution in [3.8, 4) is 17.1 Å². The Balaban J connectivity index is 2.05. The van der Waals surface area contributed by atoms with Gasteiger partial charge in [0.15, 0.2) is 11.5 Å². The Morgan fingerprint density at radius 3 is 2.64 bits per heavy atom. The summed E-state index contributed by atoms with van der Waals surface area (Å²) in [4.78, 5) is 27.0. The Hall–Kier alpha value is -2.87. The van der Waals surface area contributed by atoms with Crippen molar-refractivity contribution < 1.29 is 18.8 Å². The van der Waals surface area contributed by atoms with Crippen LogP contribution in [0.15, 0.2) is 34.9 Å². The number of methoxy groups -OCH3 is 1. The lowest BCUT2D eigenvalue weighted by atomic mass is 10.0. The monoisotopic (exact) mass is 388 g/mol. The summed E-state index contributed by atoms with van der Waals surface area (Å²) in [6.07, 6.45) is 0. The van der Waals surface area contributed by atoms with Gasteiger partial charge in [-0.05, 0) is 32.1 Å². The van der Waals surface area contributed by atoms with Gasteiger partial charge < -0.3 is 24.8 Å². The second kappa shape index (κ2) is 9.89. The molecule has 0 saturated heterocycles. The molecule has 8 nitrogen and oxygen atoms in total. The van der Waals surface area contributed by atoms with Gasteiger partial charge >= 0.3 is 0 Å². The summed E-state index contributed by atoms with van der Waals surface area (Å²) in [7, 11) is 5.44. The lowest BCUT2D eigenvalue weighted by Gasteiger charge is -2.21. The fraction of sp³-hybridized carbons (Fsp3) is 0.450. The smallest absolute Gasteiger partial charge is 0.274 e. The van der Waals surface area contributed by atoms with Gasteiger partial charge in [-0.1, -0.05) is 31.1 Å². The molecule has 0 fully saturated rings. The molecule has 28 heavy (non-hydrogen) atoms. The summed E-state index contributed by atoms with van der Waals surface area (Å²) < 4.78 is 10.5. The summed E-state index contributed by atoms with van der Waals surface area (Å²) in [6, 6.07) is 8.15. The molecule has 0 spiro atoms. The van der Waals surface area contributed by atoms with Crippen molar-refractivity contribution in [1.29, 1.82) is 0 Å². The Morgan fingerprint density at radius 2 is 2.00 bits per heavy atom. The zero-order valence-corrected chi connectivity index (χ0v) is 17.0. The molecule has 0 aliphatic rings. The number of nitrogens with one attached hydrogen (secondary N) is 2. The van der Waals surface area contributed by atoms with E-state index in [0.717, 1.165) is 12.1 Å². The molecular weight excluding hydrogens is 360 g/mol. The van der Waals surface area contributed by atoms with Gasteiger partial charge in [0.05, 0.1) is 7.11 Å². The number of hydrogen-bond acceptors (Lipinski definition) is 6. The van der Waals surface area contributed by atoms with Crippen molar-refractivity contribution in [3.63, 3.8) is 0 Å². The average molecular weight is 388 g/mol. The minimum atomic E-state index is -0.661. The van der Waals surface area contributed by atoms with E-state index < -0.39 is 11.9 Å². The van der Waals surface area contributed by atoms with E-state index >= 15 is 0 Å². The first kappa shape index (κ1) is 21.4. The fourth-order valence-electron chi connectivity index (χ4n) is 2.56. The number of aromatic nitrogens is 1. The molecule has 0 unspecified atom stereocenters. The Labute approximate surface area is 165 Å². The lowest BCUT2D eigenvalue weighted by molar-refractivity contribution is -0.123. The normalized spacial score (nSPS) is 12.1. The Kier molecular flexibility index (Phi) is 7.57. The van der Waals surface area contributed by atoms with Crippen molar-refractivity contribution >= 4 is 11.8 Å². The first-order chi connectivity index (χ1) is 13.3. The number of carbonyl (C=O) groups is 2. The molecule has 1 heterocycles. The van der Waals surface area contributed by atoms with Gasteiger partial charge in [0.25, 0.3) is 5.91 Å². The molecule has 1 aromatic carbocycles. The summed E-state index contributed by atoms with van der Waals surface area (Å²) in [5, 5.41) is 9.43. The van der Waals surface area contributed by atoms with E-state index in [-0.39, 0.29) is 17.5 Å². The van der Waals surface area contributed by atoms with Crippen LogP contribution in [0.5, 0.6) is 5.75 Å². The SMILES string of the molecule is COc1cccc(-c2cc(C(=O)N[C@@H](C(=O)NCCN(C)C)C(C)C)no2)c1. The van der Waals surface area contributed by atoms with Crippen molar-refractivity contribution in [2.75, 3.05) is 34.3 Å². The second-order valence-electron chi connectivity index (χ2n) is 7.10. The molecular formula is C20H28N4O4. The molecule has 1 atom stereocenters. The zero-order valence-electron chi connectivity index (χ0n) is 17.0. The standard InChI is InChI=1S/C20H28N4O4/c1-13(2)18(20(26)21-9-10-24(3)4)22-19(25)16-12-17(28-23-16)14-7-6-8-15(11-14)27-5/h6-8,11-13,18H,9-10H2,1-5H3,(H,21,26)(H,22,25)/t18-/m1/s1. The molecule has 0 saturated carbocycles. The number of benzene rings is 1. The molecule has 0 bridgehead atoms. The zero-order chi connectivity index (χ0) is 20.7. The minimum absolute atomic E-state index is 0.0759. The van der Waals surface area contributed by atoms with Crippen molar-refractivity contribution in [2.45, 2.75) is 19.9 Å². The van der Waals surface area contributed by atoms with E-state index in [2.05, 4.69) is 15.8 Å². The molecule has 2 rings (SSSR count). The van der Waals surface area contributed by atoms with Crippen LogP contribution in [0.4, 0.5) is 0 Å². The van der Waals surface area contributed by atoms with E-state index in [1.807, 2.05) is 51.0 Å². The molecule has 0 radical (unpaired) electrons. The molecule has 1 aromatic heterocycles. The van der Waals surface area contributed by atoms with Crippen molar-refractivity contribution in [3.05, 3.63) is 36.0 Å². The maximum absolute atomic E-state index is 12.6. The maximum atomic E-state index is 12.6. The van der Waals surface area contributed by atoms with Crippen LogP contribution in [0, 0.1) is 5.92 Å². The molecule has 152 valence electrons. The third-order valence-electron chi connectivity index (χ3n) is 4.19. The highest BCUT2D eigenvalue weighted by Crippen LogP contribution is 2.24. The predicted octanol–water partition coefficient (Wildman–Crippen LogP) is 1.78. The summed E-state index contributed by atoms with van der Waals surface area (Å²) in [6.45, 7) is 4.98. The highest BCUT2D eigenvalue weighted by Gasteiger charge is 2.26. The van der Waals surface area contributed by atoms with E-state index in [1.54, 1.807) is 19.2 Å².